The standard InChI is InChI=1S/C17H21N3O6S/c1-4-7-18-17(23)19-15(21)10-26-16(22)12-5-6-14-13(9-12)8-11(2)20(14)27(3,24)25/h4-6,9,11H,1,7-8,10H2,2-3H3,(H2,18,19,21,23). The van der Waals surface area contributed by atoms with E-state index in [2.05, 4.69) is 11.9 Å². The van der Waals surface area contributed by atoms with Crippen LogP contribution in [0.1, 0.15) is 22.8 Å². The van der Waals surface area contributed by atoms with Crippen LogP contribution in [0.2, 0.25) is 0 Å². The van der Waals surface area contributed by atoms with Gasteiger partial charge in [-0.15, -0.1) is 6.58 Å². The maximum atomic E-state index is 12.1. The molecule has 27 heavy (non-hydrogen) atoms. The highest BCUT2D eigenvalue weighted by atomic mass is 32.2. The topological polar surface area (TPSA) is 122 Å². The summed E-state index contributed by atoms with van der Waals surface area (Å²) < 4.78 is 30.0. The molecular formula is C17H21N3O6S. The monoisotopic (exact) mass is 395 g/mol. The predicted octanol–water partition coefficient (Wildman–Crippen LogP) is 0.566. The molecule has 9 nitrogen and oxygen atoms in total. The van der Waals surface area contributed by atoms with Crippen LogP contribution in [0.15, 0.2) is 30.9 Å². The van der Waals surface area contributed by atoms with Crippen LogP contribution in [0.3, 0.4) is 0 Å². The Hall–Kier alpha value is -2.88. The molecule has 0 aromatic heterocycles. The van der Waals surface area contributed by atoms with E-state index in [0.717, 1.165) is 6.26 Å². The molecule has 1 unspecified atom stereocenters. The normalized spacial score (nSPS) is 15.6. The Morgan fingerprint density at radius 2 is 2.07 bits per heavy atom. The smallest absolute Gasteiger partial charge is 0.338 e. The molecule has 0 radical (unpaired) electrons. The van der Waals surface area contributed by atoms with Crippen molar-refractivity contribution in [3.05, 3.63) is 42.0 Å². The molecule has 1 aliphatic rings. The number of anilines is 1. The number of urea groups is 1. The van der Waals surface area contributed by atoms with Crippen molar-refractivity contribution in [2.45, 2.75) is 19.4 Å². The molecule has 1 aromatic carbocycles. The number of nitrogens with one attached hydrogen (secondary N) is 2. The summed E-state index contributed by atoms with van der Waals surface area (Å²) in [6.45, 7) is 4.77. The van der Waals surface area contributed by atoms with Gasteiger partial charge in [0.15, 0.2) is 6.61 Å². The quantitative estimate of drug-likeness (QED) is 0.536. The summed E-state index contributed by atoms with van der Waals surface area (Å²) >= 11 is 0. The number of esters is 1. The van der Waals surface area contributed by atoms with E-state index in [1.54, 1.807) is 19.1 Å². The number of ether oxygens (including phenoxy) is 1. The largest absolute Gasteiger partial charge is 0.452 e. The van der Waals surface area contributed by atoms with Gasteiger partial charge in [0.05, 0.1) is 17.5 Å². The molecule has 0 saturated heterocycles. The zero-order valence-electron chi connectivity index (χ0n) is 15.0. The summed E-state index contributed by atoms with van der Waals surface area (Å²) in [6, 6.07) is 3.56. The molecule has 1 heterocycles. The number of nitrogens with zero attached hydrogens (tertiary/aromatic N) is 1. The van der Waals surface area contributed by atoms with Gasteiger partial charge in [-0.2, -0.15) is 0 Å². The molecule has 2 rings (SSSR count). The second kappa shape index (κ2) is 8.21. The fourth-order valence-electron chi connectivity index (χ4n) is 2.82. The maximum absolute atomic E-state index is 12.1. The molecule has 0 fully saturated rings. The van der Waals surface area contributed by atoms with E-state index in [-0.39, 0.29) is 18.2 Å². The second-order valence-electron chi connectivity index (χ2n) is 6.08. The molecule has 146 valence electrons. The molecule has 0 aliphatic carbocycles. The lowest BCUT2D eigenvalue weighted by Crippen LogP contribution is -2.41. The number of rotatable bonds is 6. The van der Waals surface area contributed by atoms with Crippen LogP contribution < -0.4 is 14.9 Å². The summed E-state index contributed by atoms with van der Waals surface area (Å²) in [6.07, 6.45) is 3.04. The highest BCUT2D eigenvalue weighted by molar-refractivity contribution is 7.92. The van der Waals surface area contributed by atoms with E-state index in [4.69, 9.17) is 4.74 Å². The molecule has 3 amide bonds. The highest BCUT2D eigenvalue weighted by Gasteiger charge is 2.32. The Labute approximate surface area is 157 Å². The minimum atomic E-state index is -3.42. The number of carbonyl (C=O) groups excluding carboxylic acids is 3. The van der Waals surface area contributed by atoms with Crippen molar-refractivity contribution in [1.29, 1.82) is 0 Å². The van der Waals surface area contributed by atoms with Gasteiger partial charge < -0.3 is 10.1 Å². The molecule has 1 aliphatic heterocycles. The fraction of sp³-hybridized carbons (Fsp3) is 0.353. The lowest BCUT2D eigenvalue weighted by Gasteiger charge is -2.21. The zero-order chi connectivity index (χ0) is 20.2. The highest BCUT2D eigenvalue weighted by Crippen LogP contribution is 2.34. The number of carbonyl (C=O) groups is 3. The van der Waals surface area contributed by atoms with Crippen molar-refractivity contribution in [3.63, 3.8) is 0 Å². The van der Waals surface area contributed by atoms with Crippen LogP contribution in [0.4, 0.5) is 10.5 Å². The number of benzene rings is 1. The van der Waals surface area contributed by atoms with Gasteiger partial charge in [-0.1, -0.05) is 6.08 Å². The number of hydrogen-bond acceptors (Lipinski definition) is 6. The average Bonchev–Trinajstić information content (AvgIpc) is 2.92. The molecule has 10 heteroatoms. The molecule has 2 N–H and O–H groups in total. The number of fused-ring (bicyclic) bond motifs is 1. The minimum Gasteiger partial charge on any atom is -0.452 e. The predicted molar refractivity (Wildman–Crippen MR) is 99.0 cm³/mol. The van der Waals surface area contributed by atoms with Crippen molar-refractivity contribution in [2.24, 2.45) is 0 Å². The van der Waals surface area contributed by atoms with Crippen LogP contribution in [0.5, 0.6) is 0 Å². The maximum Gasteiger partial charge on any atom is 0.338 e. The van der Waals surface area contributed by atoms with Crippen molar-refractivity contribution in [3.8, 4) is 0 Å². The summed E-state index contributed by atoms with van der Waals surface area (Å²) in [4.78, 5) is 35.0. The van der Waals surface area contributed by atoms with Gasteiger partial charge >= 0.3 is 12.0 Å². The number of hydrogen-bond donors (Lipinski definition) is 2. The third-order valence-corrected chi connectivity index (χ3v) is 5.09. The summed E-state index contributed by atoms with van der Waals surface area (Å²) in [5.41, 5.74) is 1.43. The number of amides is 3. The van der Waals surface area contributed by atoms with E-state index in [1.165, 1.54) is 16.4 Å². The van der Waals surface area contributed by atoms with Crippen LogP contribution >= 0.6 is 0 Å². The third kappa shape index (κ3) is 5.07. The molecule has 0 saturated carbocycles. The van der Waals surface area contributed by atoms with Crippen molar-refractivity contribution < 1.29 is 27.5 Å². The first-order valence-corrected chi connectivity index (χ1v) is 9.96. The van der Waals surface area contributed by atoms with E-state index in [1.807, 2.05) is 5.32 Å². The molecule has 1 atom stereocenters. The first kappa shape index (κ1) is 20.4. The molecule has 0 spiro atoms. The van der Waals surface area contributed by atoms with Crippen LogP contribution in [-0.4, -0.2) is 51.8 Å². The first-order valence-electron chi connectivity index (χ1n) is 8.11. The van der Waals surface area contributed by atoms with Crippen molar-refractivity contribution >= 4 is 33.6 Å². The van der Waals surface area contributed by atoms with Gasteiger partial charge in [-0.3, -0.25) is 14.4 Å². The third-order valence-electron chi connectivity index (χ3n) is 3.82. The van der Waals surface area contributed by atoms with Crippen molar-refractivity contribution in [2.75, 3.05) is 23.7 Å². The Bertz CT molecular complexity index is 881. The molecule has 0 bridgehead atoms. The Morgan fingerprint density at radius 3 is 2.70 bits per heavy atom. The fourth-order valence-corrected chi connectivity index (χ4v) is 4.08. The lowest BCUT2D eigenvalue weighted by atomic mass is 10.1. The van der Waals surface area contributed by atoms with E-state index in [0.29, 0.717) is 17.7 Å². The van der Waals surface area contributed by atoms with Crippen LogP contribution in [0.25, 0.3) is 0 Å². The summed E-state index contributed by atoms with van der Waals surface area (Å²) in [5, 5.41) is 4.35. The van der Waals surface area contributed by atoms with Gasteiger partial charge in [0, 0.05) is 12.6 Å². The Balaban J connectivity index is 1.99. The van der Waals surface area contributed by atoms with Gasteiger partial charge in [0.1, 0.15) is 0 Å². The SMILES string of the molecule is C=CCNC(=O)NC(=O)COC(=O)c1ccc2c(c1)CC(C)N2S(C)(=O)=O. The Kier molecular flexibility index (Phi) is 6.21. The van der Waals surface area contributed by atoms with Gasteiger partial charge in [0.2, 0.25) is 10.0 Å². The van der Waals surface area contributed by atoms with Crippen LogP contribution in [0, 0.1) is 0 Å². The summed E-state index contributed by atoms with van der Waals surface area (Å²) in [7, 11) is -3.42. The molecule has 1 aromatic rings. The lowest BCUT2D eigenvalue weighted by molar-refractivity contribution is -0.123. The first-order chi connectivity index (χ1) is 12.6. The Morgan fingerprint density at radius 1 is 1.37 bits per heavy atom. The number of imide groups is 1. The van der Waals surface area contributed by atoms with Gasteiger partial charge in [-0.25, -0.2) is 18.0 Å². The zero-order valence-corrected chi connectivity index (χ0v) is 15.8. The molecular weight excluding hydrogens is 374 g/mol. The number of sulfonamides is 1. The van der Waals surface area contributed by atoms with Gasteiger partial charge in [0.25, 0.3) is 5.91 Å². The van der Waals surface area contributed by atoms with Crippen LogP contribution in [-0.2, 0) is 26.0 Å². The average molecular weight is 395 g/mol. The minimum absolute atomic E-state index is 0.191. The van der Waals surface area contributed by atoms with E-state index in [9.17, 15) is 22.8 Å². The van der Waals surface area contributed by atoms with Gasteiger partial charge in [-0.05, 0) is 37.1 Å². The van der Waals surface area contributed by atoms with E-state index >= 15 is 0 Å². The summed E-state index contributed by atoms with van der Waals surface area (Å²) in [5.74, 6) is -1.52. The van der Waals surface area contributed by atoms with Crippen molar-refractivity contribution in [1.82, 2.24) is 10.6 Å². The second-order valence-corrected chi connectivity index (χ2v) is 7.94. The van der Waals surface area contributed by atoms with E-state index < -0.39 is 34.5 Å².